The van der Waals surface area contributed by atoms with E-state index in [2.05, 4.69) is 10.3 Å². The van der Waals surface area contributed by atoms with Gasteiger partial charge in [0.05, 0.1) is 6.54 Å². The number of thiazole rings is 1. The predicted octanol–water partition coefficient (Wildman–Crippen LogP) is 2.04. The molecular formula is C15H23N3O2S. The molecule has 21 heavy (non-hydrogen) atoms. The van der Waals surface area contributed by atoms with Gasteiger partial charge in [0, 0.05) is 11.6 Å². The van der Waals surface area contributed by atoms with Crippen LogP contribution in [0, 0.1) is 11.8 Å². The first kappa shape index (κ1) is 15.9. The Morgan fingerprint density at radius 1 is 1.38 bits per heavy atom. The molecule has 6 heteroatoms. The minimum Gasteiger partial charge on any atom is -0.342 e. The zero-order chi connectivity index (χ0) is 15.6. The zero-order valence-electron chi connectivity index (χ0n) is 13.0. The third-order valence-corrected chi connectivity index (χ3v) is 4.85. The molecule has 2 amide bonds. The first-order valence-electron chi connectivity index (χ1n) is 7.44. The number of hydrogen-bond acceptors (Lipinski definition) is 4. The fourth-order valence-electron chi connectivity index (χ4n) is 2.65. The molecule has 1 aromatic rings. The van der Waals surface area contributed by atoms with E-state index in [1.165, 1.54) is 11.3 Å². The lowest BCUT2D eigenvalue weighted by Crippen LogP contribution is -2.65. The number of carbonyl (C=O) groups is 2. The van der Waals surface area contributed by atoms with Gasteiger partial charge in [-0.25, -0.2) is 4.98 Å². The van der Waals surface area contributed by atoms with Crippen LogP contribution in [0.15, 0.2) is 11.6 Å². The molecular weight excluding hydrogens is 286 g/mol. The third kappa shape index (κ3) is 3.26. The Balaban J connectivity index is 2.30. The minimum atomic E-state index is -0.433. The molecule has 2 rings (SSSR count). The van der Waals surface area contributed by atoms with E-state index in [1.54, 1.807) is 11.1 Å². The number of aromatic nitrogens is 1. The number of carbonyl (C=O) groups excluding carboxylic acids is 2. The summed E-state index contributed by atoms with van der Waals surface area (Å²) < 4.78 is 0. The molecule has 3 unspecified atom stereocenters. The zero-order valence-corrected chi connectivity index (χ0v) is 13.8. The third-order valence-electron chi connectivity index (χ3n) is 4.09. The van der Waals surface area contributed by atoms with Crippen LogP contribution in [-0.4, -0.2) is 33.8 Å². The highest BCUT2D eigenvalue weighted by molar-refractivity contribution is 7.09. The van der Waals surface area contributed by atoms with Crippen molar-refractivity contribution >= 4 is 23.2 Å². The summed E-state index contributed by atoms with van der Waals surface area (Å²) in [6.45, 7) is 8.38. The van der Waals surface area contributed by atoms with E-state index >= 15 is 0 Å². The number of rotatable bonds is 5. The molecule has 1 aliphatic heterocycles. The van der Waals surface area contributed by atoms with E-state index in [0.29, 0.717) is 6.54 Å². The predicted molar refractivity (Wildman–Crippen MR) is 82.7 cm³/mol. The average molecular weight is 309 g/mol. The van der Waals surface area contributed by atoms with Gasteiger partial charge in [0.15, 0.2) is 0 Å². The summed E-state index contributed by atoms with van der Waals surface area (Å²) in [7, 11) is 0. The quantitative estimate of drug-likeness (QED) is 0.905. The molecule has 1 saturated heterocycles. The average Bonchev–Trinajstić information content (AvgIpc) is 2.94. The molecule has 5 nitrogen and oxygen atoms in total. The van der Waals surface area contributed by atoms with Gasteiger partial charge in [0.1, 0.15) is 17.1 Å². The van der Waals surface area contributed by atoms with Crippen LogP contribution in [0.2, 0.25) is 0 Å². The maximum absolute atomic E-state index is 12.8. The normalized spacial score (nSPS) is 24.3. The number of hydrogen-bond donors (Lipinski definition) is 1. The highest BCUT2D eigenvalue weighted by atomic mass is 32.1. The lowest BCUT2D eigenvalue weighted by molar-refractivity contribution is -0.153. The number of nitrogens with one attached hydrogen (secondary N) is 1. The maximum Gasteiger partial charge on any atom is 0.246 e. The summed E-state index contributed by atoms with van der Waals surface area (Å²) in [4.78, 5) is 31.2. The molecule has 0 aromatic carbocycles. The molecule has 0 spiro atoms. The van der Waals surface area contributed by atoms with E-state index < -0.39 is 12.1 Å². The van der Waals surface area contributed by atoms with Crippen LogP contribution >= 0.6 is 11.3 Å². The lowest BCUT2D eigenvalue weighted by atomic mass is 9.90. The Labute approximate surface area is 129 Å². The van der Waals surface area contributed by atoms with Crippen molar-refractivity contribution in [3.05, 3.63) is 16.6 Å². The van der Waals surface area contributed by atoms with Gasteiger partial charge < -0.3 is 10.2 Å². The molecule has 1 aromatic heterocycles. The van der Waals surface area contributed by atoms with Crippen molar-refractivity contribution < 1.29 is 9.59 Å². The molecule has 3 atom stereocenters. The van der Waals surface area contributed by atoms with Gasteiger partial charge in [-0.15, -0.1) is 11.3 Å². The summed E-state index contributed by atoms with van der Waals surface area (Å²) in [5.41, 5.74) is 0. The first-order valence-corrected chi connectivity index (χ1v) is 8.32. The fraction of sp³-hybridized carbons (Fsp3) is 0.667. The highest BCUT2D eigenvalue weighted by Crippen LogP contribution is 2.25. The summed E-state index contributed by atoms with van der Waals surface area (Å²) >= 11 is 1.51. The summed E-state index contributed by atoms with van der Waals surface area (Å²) in [6, 6.07) is -0.834. The molecule has 0 saturated carbocycles. The smallest absolute Gasteiger partial charge is 0.246 e. The molecule has 0 radical (unpaired) electrons. The Hall–Kier alpha value is -1.43. The first-order chi connectivity index (χ1) is 9.95. The van der Waals surface area contributed by atoms with Crippen molar-refractivity contribution in [2.75, 3.05) is 0 Å². The summed E-state index contributed by atoms with van der Waals surface area (Å²) in [5, 5.41) is 5.65. The van der Waals surface area contributed by atoms with Crippen molar-refractivity contribution in [3.63, 3.8) is 0 Å². The molecule has 1 fully saturated rings. The van der Waals surface area contributed by atoms with Crippen LogP contribution in [0.25, 0.3) is 0 Å². The molecule has 1 N–H and O–H groups in total. The molecule has 1 aliphatic rings. The molecule has 0 aliphatic carbocycles. The Morgan fingerprint density at radius 3 is 2.62 bits per heavy atom. The van der Waals surface area contributed by atoms with Crippen LogP contribution < -0.4 is 5.32 Å². The van der Waals surface area contributed by atoms with Gasteiger partial charge >= 0.3 is 0 Å². The van der Waals surface area contributed by atoms with Gasteiger partial charge in [-0.05, 0) is 11.8 Å². The molecule has 116 valence electrons. The van der Waals surface area contributed by atoms with E-state index in [4.69, 9.17) is 0 Å². The maximum atomic E-state index is 12.8. The van der Waals surface area contributed by atoms with Gasteiger partial charge in [0.25, 0.3) is 0 Å². The second kappa shape index (κ2) is 6.56. The van der Waals surface area contributed by atoms with Crippen LogP contribution in [0.3, 0.4) is 0 Å². The van der Waals surface area contributed by atoms with E-state index in [1.807, 2.05) is 33.1 Å². The van der Waals surface area contributed by atoms with Crippen molar-refractivity contribution in [1.29, 1.82) is 0 Å². The molecule has 2 heterocycles. The monoisotopic (exact) mass is 309 g/mol. The highest BCUT2D eigenvalue weighted by Gasteiger charge is 2.43. The van der Waals surface area contributed by atoms with E-state index in [-0.39, 0.29) is 23.7 Å². The number of amides is 2. The van der Waals surface area contributed by atoms with Gasteiger partial charge in [0.2, 0.25) is 11.8 Å². The topological polar surface area (TPSA) is 62.3 Å². The Kier molecular flexibility index (Phi) is 4.98. The second-order valence-electron chi connectivity index (χ2n) is 5.95. The van der Waals surface area contributed by atoms with Gasteiger partial charge in [-0.1, -0.05) is 34.1 Å². The van der Waals surface area contributed by atoms with Gasteiger partial charge in [-0.3, -0.25) is 9.59 Å². The SMILES string of the molecule is CCC(C)C1C(=O)NC(C(C)C)C(=O)N1Cc1nccs1. The number of nitrogens with zero attached hydrogens (tertiary/aromatic N) is 2. The standard InChI is InChI=1S/C15H23N3O2S/c1-5-10(4)13-14(19)17-12(9(2)3)15(20)18(13)8-11-16-6-7-21-11/h6-7,9-10,12-13H,5,8H2,1-4H3,(H,17,19). The van der Waals surface area contributed by atoms with Crippen molar-refractivity contribution in [2.24, 2.45) is 11.8 Å². The van der Waals surface area contributed by atoms with Crippen LogP contribution in [0.5, 0.6) is 0 Å². The van der Waals surface area contributed by atoms with E-state index in [9.17, 15) is 9.59 Å². The summed E-state index contributed by atoms with van der Waals surface area (Å²) in [5.74, 6) is 0.171. The second-order valence-corrected chi connectivity index (χ2v) is 6.93. The Bertz CT molecular complexity index is 501. The summed E-state index contributed by atoms with van der Waals surface area (Å²) in [6.07, 6.45) is 2.58. The van der Waals surface area contributed by atoms with Crippen molar-refractivity contribution in [3.8, 4) is 0 Å². The van der Waals surface area contributed by atoms with E-state index in [0.717, 1.165) is 11.4 Å². The largest absolute Gasteiger partial charge is 0.342 e. The van der Waals surface area contributed by atoms with Crippen molar-refractivity contribution in [2.45, 2.75) is 52.7 Å². The lowest BCUT2D eigenvalue weighted by Gasteiger charge is -2.42. The molecule has 0 bridgehead atoms. The van der Waals surface area contributed by atoms with Crippen LogP contribution in [0.4, 0.5) is 0 Å². The fourth-order valence-corrected chi connectivity index (χ4v) is 3.27. The minimum absolute atomic E-state index is 0.00472. The number of piperazine rings is 1. The van der Waals surface area contributed by atoms with Gasteiger partial charge in [-0.2, -0.15) is 0 Å². The van der Waals surface area contributed by atoms with Crippen LogP contribution in [-0.2, 0) is 16.1 Å². The van der Waals surface area contributed by atoms with Crippen molar-refractivity contribution in [1.82, 2.24) is 15.2 Å². The Morgan fingerprint density at radius 2 is 2.10 bits per heavy atom. The van der Waals surface area contributed by atoms with Crippen LogP contribution in [0.1, 0.15) is 39.1 Å².